The van der Waals surface area contributed by atoms with Crippen molar-refractivity contribution in [1.29, 1.82) is 0 Å². The molecule has 1 amide bonds. The highest BCUT2D eigenvalue weighted by Gasteiger charge is 2.30. The van der Waals surface area contributed by atoms with Crippen LogP contribution in [-0.2, 0) is 17.4 Å². The molecule has 0 aliphatic heterocycles. The Labute approximate surface area is 112 Å². The van der Waals surface area contributed by atoms with Crippen molar-refractivity contribution in [1.82, 2.24) is 9.78 Å². The van der Waals surface area contributed by atoms with E-state index in [2.05, 4.69) is 10.4 Å². The highest BCUT2D eigenvalue weighted by Crippen LogP contribution is 2.21. The van der Waals surface area contributed by atoms with Gasteiger partial charge in [0, 0.05) is 7.05 Å². The van der Waals surface area contributed by atoms with Gasteiger partial charge in [0.2, 0.25) is 5.91 Å². The third-order valence-corrected chi connectivity index (χ3v) is 3.33. The molecular weight excluding hydrogens is 240 g/mol. The minimum absolute atomic E-state index is 0.255. The van der Waals surface area contributed by atoms with Crippen molar-refractivity contribution in [2.24, 2.45) is 12.8 Å². The number of hydrogen-bond acceptors (Lipinski definition) is 3. The SMILES string of the molecule is Cc1c(NC(=O)C(C)(N)c2ccccc2)cnn1C. The van der Waals surface area contributed by atoms with Crippen molar-refractivity contribution in [2.75, 3.05) is 5.32 Å². The van der Waals surface area contributed by atoms with E-state index >= 15 is 0 Å². The number of aromatic nitrogens is 2. The second kappa shape index (κ2) is 4.85. The van der Waals surface area contributed by atoms with Gasteiger partial charge in [0.1, 0.15) is 5.54 Å². The zero-order valence-electron chi connectivity index (χ0n) is 11.3. The van der Waals surface area contributed by atoms with Gasteiger partial charge in [0.05, 0.1) is 17.6 Å². The van der Waals surface area contributed by atoms with Gasteiger partial charge in [0.25, 0.3) is 0 Å². The van der Waals surface area contributed by atoms with Crippen LogP contribution in [0.4, 0.5) is 5.69 Å². The zero-order chi connectivity index (χ0) is 14.0. The molecule has 0 saturated carbocycles. The topological polar surface area (TPSA) is 72.9 Å². The second-order valence-electron chi connectivity index (χ2n) is 4.79. The van der Waals surface area contributed by atoms with Crippen LogP contribution < -0.4 is 11.1 Å². The number of anilines is 1. The minimum atomic E-state index is -1.08. The molecule has 0 aliphatic rings. The summed E-state index contributed by atoms with van der Waals surface area (Å²) >= 11 is 0. The Morgan fingerprint density at radius 1 is 1.37 bits per heavy atom. The van der Waals surface area contributed by atoms with Crippen LogP contribution in [0.2, 0.25) is 0 Å². The number of amides is 1. The van der Waals surface area contributed by atoms with Crippen LogP contribution in [0.15, 0.2) is 36.5 Å². The third kappa shape index (κ3) is 2.51. The maximum atomic E-state index is 12.3. The van der Waals surface area contributed by atoms with Crippen LogP contribution in [0.25, 0.3) is 0 Å². The standard InChI is InChI=1S/C14H18N4O/c1-10-12(9-16-18(10)3)17-13(19)14(2,15)11-7-5-4-6-8-11/h4-9H,15H2,1-3H3,(H,17,19). The Bertz CT molecular complexity index is 587. The number of benzene rings is 1. The largest absolute Gasteiger partial charge is 0.321 e. The van der Waals surface area contributed by atoms with E-state index in [0.29, 0.717) is 5.69 Å². The molecule has 1 unspecified atom stereocenters. The maximum Gasteiger partial charge on any atom is 0.248 e. The van der Waals surface area contributed by atoms with E-state index < -0.39 is 5.54 Å². The highest BCUT2D eigenvalue weighted by molar-refractivity contribution is 5.98. The fraction of sp³-hybridized carbons (Fsp3) is 0.286. The molecule has 2 rings (SSSR count). The minimum Gasteiger partial charge on any atom is -0.321 e. The number of nitrogens with one attached hydrogen (secondary N) is 1. The average Bonchev–Trinajstić information content (AvgIpc) is 2.71. The number of rotatable bonds is 3. The number of carbonyl (C=O) groups excluding carboxylic acids is 1. The normalized spacial score (nSPS) is 13.9. The number of nitrogens with zero attached hydrogens (tertiary/aromatic N) is 2. The van der Waals surface area contributed by atoms with Gasteiger partial charge in [-0.3, -0.25) is 9.48 Å². The number of aryl methyl sites for hydroxylation is 1. The molecule has 2 aromatic rings. The van der Waals surface area contributed by atoms with Crippen LogP contribution in [0.1, 0.15) is 18.2 Å². The Kier molecular flexibility index (Phi) is 3.40. The molecule has 0 bridgehead atoms. The molecule has 19 heavy (non-hydrogen) atoms. The molecule has 1 aromatic carbocycles. The quantitative estimate of drug-likeness (QED) is 0.877. The number of nitrogens with two attached hydrogens (primary N) is 1. The Balaban J connectivity index is 2.22. The van der Waals surface area contributed by atoms with Crippen LogP contribution in [-0.4, -0.2) is 15.7 Å². The molecule has 5 nitrogen and oxygen atoms in total. The smallest absolute Gasteiger partial charge is 0.248 e. The first-order chi connectivity index (χ1) is 8.93. The molecule has 1 aromatic heterocycles. The van der Waals surface area contributed by atoms with Crippen molar-refractivity contribution in [3.05, 3.63) is 47.8 Å². The van der Waals surface area contributed by atoms with Gasteiger partial charge in [-0.2, -0.15) is 5.10 Å². The zero-order valence-corrected chi connectivity index (χ0v) is 11.3. The van der Waals surface area contributed by atoms with E-state index in [0.717, 1.165) is 11.3 Å². The van der Waals surface area contributed by atoms with Gasteiger partial charge in [-0.1, -0.05) is 30.3 Å². The lowest BCUT2D eigenvalue weighted by Crippen LogP contribution is -2.45. The summed E-state index contributed by atoms with van der Waals surface area (Å²) in [5, 5.41) is 6.91. The molecule has 1 heterocycles. The molecular formula is C14H18N4O. The summed E-state index contributed by atoms with van der Waals surface area (Å²) in [5.74, 6) is -0.255. The molecule has 100 valence electrons. The molecule has 3 N–H and O–H groups in total. The van der Waals surface area contributed by atoms with Crippen LogP contribution in [0.5, 0.6) is 0 Å². The summed E-state index contributed by atoms with van der Waals surface area (Å²) in [6, 6.07) is 9.31. The van der Waals surface area contributed by atoms with E-state index in [4.69, 9.17) is 5.73 Å². The van der Waals surface area contributed by atoms with Crippen molar-refractivity contribution in [3.63, 3.8) is 0 Å². The lowest BCUT2D eigenvalue weighted by molar-refractivity contribution is -0.120. The summed E-state index contributed by atoms with van der Waals surface area (Å²) in [5.41, 5.74) is 7.41. The van der Waals surface area contributed by atoms with E-state index in [1.807, 2.05) is 44.3 Å². The molecule has 0 aliphatic carbocycles. The fourth-order valence-electron chi connectivity index (χ4n) is 1.79. The van der Waals surface area contributed by atoms with Gasteiger partial charge in [-0.05, 0) is 19.4 Å². The summed E-state index contributed by atoms with van der Waals surface area (Å²) in [7, 11) is 1.82. The van der Waals surface area contributed by atoms with Crippen LogP contribution in [0, 0.1) is 6.92 Å². The predicted octanol–water partition coefficient (Wildman–Crippen LogP) is 1.54. The summed E-state index contributed by atoms with van der Waals surface area (Å²) in [6.07, 6.45) is 1.62. The van der Waals surface area contributed by atoms with Gasteiger partial charge in [-0.15, -0.1) is 0 Å². The predicted molar refractivity (Wildman–Crippen MR) is 74.6 cm³/mol. The molecule has 1 atom stereocenters. The molecule has 0 spiro atoms. The Morgan fingerprint density at radius 2 is 2.00 bits per heavy atom. The first kappa shape index (κ1) is 13.3. The van der Waals surface area contributed by atoms with Crippen molar-refractivity contribution < 1.29 is 4.79 Å². The van der Waals surface area contributed by atoms with Crippen molar-refractivity contribution >= 4 is 11.6 Å². The van der Waals surface area contributed by atoms with Gasteiger partial charge < -0.3 is 11.1 Å². The van der Waals surface area contributed by atoms with E-state index in [1.54, 1.807) is 17.8 Å². The van der Waals surface area contributed by atoms with Gasteiger partial charge in [-0.25, -0.2) is 0 Å². The third-order valence-electron chi connectivity index (χ3n) is 3.33. The monoisotopic (exact) mass is 258 g/mol. The lowest BCUT2D eigenvalue weighted by atomic mass is 9.92. The first-order valence-corrected chi connectivity index (χ1v) is 6.07. The summed E-state index contributed by atoms with van der Waals surface area (Å²) < 4.78 is 1.70. The van der Waals surface area contributed by atoms with Gasteiger partial charge >= 0.3 is 0 Å². The Morgan fingerprint density at radius 3 is 2.53 bits per heavy atom. The maximum absolute atomic E-state index is 12.3. The van der Waals surface area contributed by atoms with Crippen LogP contribution >= 0.6 is 0 Å². The number of carbonyl (C=O) groups is 1. The Hall–Kier alpha value is -2.14. The molecule has 0 radical (unpaired) electrons. The summed E-state index contributed by atoms with van der Waals surface area (Å²) in [4.78, 5) is 12.3. The van der Waals surface area contributed by atoms with E-state index in [9.17, 15) is 4.79 Å². The van der Waals surface area contributed by atoms with E-state index in [1.165, 1.54) is 0 Å². The van der Waals surface area contributed by atoms with Gasteiger partial charge in [0.15, 0.2) is 0 Å². The molecule has 5 heteroatoms. The molecule has 0 fully saturated rings. The lowest BCUT2D eigenvalue weighted by Gasteiger charge is -2.23. The summed E-state index contributed by atoms with van der Waals surface area (Å²) in [6.45, 7) is 3.59. The molecule has 0 saturated heterocycles. The number of hydrogen-bond donors (Lipinski definition) is 2. The van der Waals surface area contributed by atoms with Crippen molar-refractivity contribution in [3.8, 4) is 0 Å². The van der Waals surface area contributed by atoms with E-state index in [-0.39, 0.29) is 5.91 Å². The second-order valence-corrected chi connectivity index (χ2v) is 4.79. The van der Waals surface area contributed by atoms with Crippen molar-refractivity contribution in [2.45, 2.75) is 19.4 Å². The fourth-order valence-corrected chi connectivity index (χ4v) is 1.79. The highest BCUT2D eigenvalue weighted by atomic mass is 16.2. The average molecular weight is 258 g/mol. The van der Waals surface area contributed by atoms with Crippen LogP contribution in [0.3, 0.4) is 0 Å². The first-order valence-electron chi connectivity index (χ1n) is 6.07.